The van der Waals surface area contributed by atoms with Crippen molar-refractivity contribution < 1.29 is 9.59 Å². The average Bonchev–Trinajstić information content (AvgIpc) is 2.69. The standard InChI is InChI=1S/C21H23Cl2N3O2/c1-2-21(28)26-11-9-25(10-12-26)19-8-7-17(14-18(19)23)24-20(27)13-15-3-5-16(22)6-4-15/h3-8,14H,2,9-13H2,1H3,(H,24,27). The van der Waals surface area contributed by atoms with E-state index < -0.39 is 0 Å². The van der Waals surface area contributed by atoms with E-state index in [9.17, 15) is 9.59 Å². The molecule has 1 heterocycles. The molecule has 1 fully saturated rings. The molecule has 0 aliphatic carbocycles. The molecule has 1 aliphatic rings. The van der Waals surface area contributed by atoms with Gasteiger partial charge in [-0.25, -0.2) is 0 Å². The Hall–Kier alpha value is -2.24. The van der Waals surface area contributed by atoms with Crippen molar-refractivity contribution in [1.82, 2.24) is 4.90 Å². The summed E-state index contributed by atoms with van der Waals surface area (Å²) in [4.78, 5) is 28.1. The molecule has 0 spiro atoms. The Bertz CT molecular complexity index is 847. The van der Waals surface area contributed by atoms with Gasteiger partial charge in [0.25, 0.3) is 0 Å². The number of carbonyl (C=O) groups is 2. The van der Waals surface area contributed by atoms with Gasteiger partial charge < -0.3 is 15.1 Å². The third-order valence-electron chi connectivity index (χ3n) is 4.78. The monoisotopic (exact) mass is 419 g/mol. The summed E-state index contributed by atoms with van der Waals surface area (Å²) in [6.07, 6.45) is 0.801. The molecule has 28 heavy (non-hydrogen) atoms. The topological polar surface area (TPSA) is 52.7 Å². The van der Waals surface area contributed by atoms with Crippen LogP contribution in [0.2, 0.25) is 10.0 Å². The van der Waals surface area contributed by atoms with Gasteiger partial charge in [0.2, 0.25) is 11.8 Å². The lowest BCUT2D eigenvalue weighted by Crippen LogP contribution is -2.48. The number of benzene rings is 2. The highest BCUT2D eigenvalue weighted by molar-refractivity contribution is 6.33. The molecule has 148 valence electrons. The summed E-state index contributed by atoms with van der Waals surface area (Å²) < 4.78 is 0. The lowest BCUT2D eigenvalue weighted by Gasteiger charge is -2.36. The molecule has 0 radical (unpaired) electrons. The fraction of sp³-hybridized carbons (Fsp3) is 0.333. The Kier molecular flexibility index (Phi) is 6.81. The minimum atomic E-state index is -0.113. The van der Waals surface area contributed by atoms with Crippen LogP contribution in [0.25, 0.3) is 0 Å². The number of hydrogen-bond donors (Lipinski definition) is 1. The van der Waals surface area contributed by atoms with Gasteiger partial charge in [-0.2, -0.15) is 0 Å². The minimum absolute atomic E-state index is 0.113. The zero-order valence-electron chi connectivity index (χ0n) is 15.8. The number of rotatable bonds is 5. The van der Waals surface area contributed by atoms with Crippen molar-refractivity contribution in [3.63, 3.8) is 0 Å². The van der Waals surface area contributed by atoms with Crippen LogP contribution in [0.3, 0.4) is 0 Å². The summed E-state index contributed by atoms with van der Waals surface area (Å²) in [7, 11) is 0. The Morgan fingerprint density at radius 1 is 1.00 bits per heavy atom. The molecule has 0 saturated carbocycles. The highest BCUT2D eigenvalue weighted by Gasteiger charge is 2.21. The first-order valence-electron chi connectivity index (χ1n) is 9.33. The van der Waals surface area contributed by atoms with E-state index in [1.807, 2.05) is 36.1 Å². The molecular weight excluding hydrogens is 397 g/mol. The molecule has 1 aliphatic heterocycles. The molecule has 0 aromatic heterocycles. The summed E-state index contributed by atoms with van der Waals surface area (Å²) in [6, 6.07) is 12.7. The molecule has 0 bridgehead atoms. The van der Waals surface area contributed by atoms with Crippen molar-refractivity contribution in [2.45, 2.75) is 19.8 Å². The van der Waals surface area contributed by atoms with Gasteiger partial charge in [-0.15, -0.1) is 0 Å². The molecule has 5 nitrogen and oxygen atoms in total. The van der Waals surface area contributed by atoms with Crippen molar-refractivity contribution in [2.75, 3.05) is 36.4 Å². The smallest absolute Gasteiger partial charge is 0.228 e. The Balaban J connectivity index is 1.59. The quantitative estimate of drug-likeness (QED) is 0.788. The van der Waals surface area contributed by atoms with Crippen LogP contribution in [0.1, 0.15) is 18.9 Å². The van der Waals surface area contributed by atoms with Gasteiger partial charge in [-0.1, -0.05) is 42.3 Å². The zero-order chi connectivity index (χ0) is 20.1. The fourth-order valence-corrected chi connectivity index (χ4v) is 3.68. The van der Waals surface area contributed by atoms with Gasteiger partial charge in [0.1, 0.15) is 0 Å². The number of amides is 2. The van der Waals surface area contributed by atoms with E-state index in [-0.39, 0.29) is 18.2 Å². The summed E-state index contributed by atoms with van der Waals surface area (Å²) in [5, 5.41) is 4.11. The van der Waals surface area contributed by atoms with E-state index in [4.69, 9.17) is 23.2 Å². The molecule has 2 amide bonds. The number of nitrogens with zero attached hydrogens (tertiary/aromatic N) is 2. The van der Waals surface area contributed by atoms with E-state index in [2.05, 4.69) is 10.2 Å². The van der Waals surface area contributed by atoms with Crippen LogP contribution in [0, 0.1) is 0 Å². The summed E-state index contributed by atoms with van der Waals surface area (Å²) in [5.41, 5.74) is 2.47. The third kappa shape index (κ3) is 5.18. The SMILES string of the molecule is CCC(=O)N1CCN(c2ccc(NC(=O)Cc3ccc(Cl)cc3)cc2Cl)CC1. The molecule has 0 unspecified atom stereocenters. The average molecular weight is 420 g/mol. The van der Waals surface area contributed by atoms with Crippen LogP contribution < -0.4 is 10.2 Å². The summed E-state index contributed by atoms with van der Waals surface area (Å²) in [6.45, 7) is 4.76. The van der Waals surface area contributed by atoms with Crippen LogP contribution in [-0.4, -0.2) is 42.9 Å². The Labute approximate surface area is 175 Å². The van der Waals surface area contributed by atoms with Crippen LogP contribution >= 0.6 is 23.2 Å². The lowest BCUT2D eigenvalue weighted by atomic mass is 10.1. The predicted molar refractivity (Wildman–Crippen MR) is 114 cm³/mol. The number of halogens is 2. The maximum absolute atomic E-state index is 12.3. The second-order valence-electron chi connectivity index (χ2n) is 6.74. The maximum atomic E-state index is 12.3. The second kappa shape index (κ2) is 9.30. The van der Waals surface area contributed by atoms with E-state index >= 15 is 0 Å². The molecule has 3 rings (SSSR count). The Morgan fingerprint density at radius 2 is 1.68 bits per heavy atom. The lowest BCUT2D eigenvalue weighted by molar-refractivity contribution is -0.131. The van der Waals surface area contributed by atoms with Crippen LogP contribution in [0.5, 0.6) is 0 Å². The van der Waals surface area contributed by atoms with Crippen molar-refractivity contribution in [1.29, 1.82) is 0 Å². The summed E-state index contributed by atoms with van der Waals surface area (Å²) >= 11 is 12.3. The normalized spacial score (nSPS) is 14.1. The van der Waals surface area contributed by atoms with Crippen molar-refractivity contribution in [3.8, 4) is 0 Å². The molecule has 2 aromatic carbocycles. The molecular formula is C21H23Cl2N3O2. The number of carbonyl (C=O) groups excluding carboxylic acids is 2. The minimum Gasteiger partial charge on any atom is -0.367 e. The fourth-order valence-electron chi connectivity index (χ4n) is 3.25. The number of piperazine rings is 1. The highest BCUT2D eigenvalue weighted by atomic mass is 35.5. The van der Waals surface area contributed by atoms with Gasteiger partial charge in [0.05, 0.1) is 17.1 Å². The Morgan fingerprint density at radius 3 is 2.29 bits per heavy atom. The summed E-state index contributed by atoms with van der Waals surface area (Å²) in [5.74, 6) is 0.0716. The van der Waals surface area contributed by atoms with Gasteiger partial charge >= 0.3 is 0 Å². The molecule has 1 saturated heterocycles. The van der Waals surface area contributed by atoms with E-state index in [1.54, 1.807) is 18.2 Å². The number of hydrogen-bond acceptors (Lipinski definition) is 3. The van der Waals surface area contributed by atoms with Crippen molar-refractivity contribution in [3.05, 3.63) is 58.1 Å². The first kappa shape index (κ1) is 20.5. The van der Waals surface area contributed by atoms with Gasteiger partial charge in [0, 0.05) is 43.3 Å². The van der Waals surface area contributed by atoms with E-state index in [1.165, 1.54) is 0 Å². The third-order valence-corrected chi connectivity index (χ3v) is 5.34. The van der Waals surface area contributed by atoms with Crippen LogP contribution in [-0.2, 0) is 16.0 Å². The molecule has 1 N–H and O–H groups in total. The second-order valence-corrected chi connectivity index (χ2v) is 7.58. The number of anilines is 2. The molecule has 2 aromatic rings. The van der Waals surface area contributed by atoms with Crippen molar-refractivity contribution in [2.24, 2.45) is 0 Å². The van der Waals surface area contributed by atoms with Gasteiger partial charge in [0.15, 0.2) is 0 Å². The molecule has 0 atom stereocenters. The van der Waals surface area contributed by atoms with E-state index in [0.29, 0.717) is 35.2 Å². The first-order valence-corrected chi connectivity index (χ1v) is 10.1. The van der Waals surface area contributed by atoms with Crippen LogP contribution in [0.15, 0.2) is 42.5 Å². The van der Waals surface area contributed by atoms with E-state index in [0.717, 1.165) is 24.3 Å². The number of nitrogens with one attached hydrogen (secondary N) is 1. The highest BCUT2D eigenvalue weighted by Crippen LogP contribution is 2.30. The van der Waals surface area contributed by atoms with Crippen LogP contribution in [0.4, 0.5) is 11.4 Å². The van der Waals surface area contributed by atoms with Gasteiger partial charge in [-0.05, 0) is 35.9 Å². The van der Waals surface area contributed by atoms with Crippen molar-refractivity contribution >= 4 is 46.4 Å². The van der Waals surface area contributed by atoms with Gasteiger partial charge in [-0.3, -0.25) is 9.59 Å². The molecule has 7 heteroatoms. The maximum Gasteiger partial charge on any atom is 0.228 e. The zero-order valence-corrected chi connectivity index (χ0v) is 17.3. The predicted octanol–water partition coefficient (Wildman–Crippen LogP) is 4.23. The first-order chi connectivity index (χ1) is 13.5. The largest absolute Gasteiger partial charge is 0.367 e.